The van der Waals surface area contributed by atoms with Crippen molar-refractivity contribution in [2.75, 3.05) is 0 Å². The highest BCUT2D eigenvalue weighted by molar-refractivity contribution is 4.98. The van der Waals surface area contributed by atoms with Gasteiger partial charge in [-0.05, 0) is 0 Å². The first-order valence-corrected chi connectivity index (χ1v) is 3.05. The van der Waals surface area contributed by atoms with Gasteiger partial charge < -0.3 is 4.42 Å². The predicted molar refractivity (Wildman–Crippen MR) is 34.0 cm³/mol. The summed E-state index contributed by atoms with van der Waals surface area (Å²) < 4.78 is 4.89. The number of hydrogen-bond acceptors (Lipinski definition) is 1. The second-order valence-corrected chi connectivity index (χ2v) is 3.18. The molecule has 0 aliphatic carbocycles. The van der Waals surface area contributed by atoms with E-state index in [2.05, 4.69) is 25.8 Å². The Balaban J connectivity index is 2.90. The average molecular weight is 126 g/mol. The summed E-state index contributed by atoms with van der Waals surface area (Å²) >= 11 is 0. The summed E-state index contributed by atoms with van der Waals surface area (Å²) in [5.41, 5.74) is 1.30. The summed E-state index contributed by atoms with van der Waals surface area (Å²) in [6, 6.07) is 0. The van der Waals surface area contributed by atoms with Gasteiger partial charge in [-0.2, -0.15) is 4.98 Å². The van der Waals surface area contributed by atoms with Gasteiger partial charge in [-0.15, -0.1) is 0 Å². The normalized spacial score (nSPS) is 11.9. The molecule has 50 valence electrons. The number of hydrogen-bond donors (Lipinski definition) is 0. The molecule has 0 aromatic carbocycles. The average Bonchev–Trinajstić information content (AvgIpc) is 2.08. The first-order chi connectivity index (χ1) is 4.11. The largest absolute Gasteiger partial charge is 0.412 e. The van der Waals surface area contributed by atoms with Crippen LogP contribution in [0.25, 0.3) is 0 Å². The maximum absolute atomic E-state index is 4.89. The SMILES string of the molecule is CC(C)(C)c1coc[nH+]1. The quantitative estimate of drug-likeness (QED) is 0.516. The van der Waals surface area contributed by atoms with Crippen molar-refractivity contribution < 1.29 is 9.40 Å². The molecule has 0 bridgehead atoms. The third-order valence-corrected chi connectivity index (χ3v) is 1.28. The molecule has 0 saturated heterocycles. The van der Waals surface area contributed by atoms with Crippen LogP contribution in [-0.2, 0) is 5.41 Å². The van der Waals surface area contributed by atoms with Crippen LogP contribution in [0.3, 0.4) is 0 Å². The number of aromatic nitrogens is 1. The molecular formula is C7H12NO+. The van der Waals surface area contributed by atoms with Crippen molar-refractivity contribution in [3.05, 3.63) is 18.4 Å². The molecule has 0 atom stereocenters. The molecule has 0 saturated carbocycles. The van der Waals surface area contributed by atoms with Crippen LogP contribution in [0.15, 0.2) is 17.1 Å². The van der Waals surface area contributed by atoms with Gasteiger partial charge in [0.15, 0.2) is 6.26 Å². The molecule has 2 nitrogen and oxygen atoms in total. The predicted octanol–water partition coefficient (Wildman–Crippen LogP) is 1.39. The molecule has 0 aliphatic heterocycles. The highest BCUT2D eigenvalue weighted by atomic mass is 16.3. The standard InChI is InChI=1S/C7H11NO/c1-7(2,3)6-4-9-5-8-6/h4-5H,1-3H3/p+1. The van der Waals surface area contributed by atoms with E-state index >= 15 is 0 Å². The molecular weight excluding hydrogens is 114 g/mol. The van der Waals surface area contributed by atoms with Crippen molar-refractivity contribution in [2.24, 2.45) is 0 Å². The zero-order valence-electron chi connectivity index (χ0n) is 6.06. The van der Waals surface area contributed by atoms with Gasteiger partial charge in [0, 0.05) is 5.41 Å². The van der Waals surface area contributed by atoms with E-state index in [-0.39, 0.29) is 5.41 Å². The van der Waals surface area contributed by atoms with E-state index in [1.54, 1.807) is 12.7 Å². The minimum atomic E-state index is 0.174. The molecule has 1 aromatic rings. The van der Waals surface area contributed by atoms with Crippen LogP contribution < -0.4 is 4.98 Å². The highest BCUT2D eigenvalue weighted by Crippen LogP contribution is 2.16. The third-order valence-electron chi connectivity index (χ3n) is 1.28. The van der Waals surface area contributed by atoms with Crippen molar-refractivity contribution in [3.63, 3.8) is 0 Å². The Morgan fingerprint density at radius 1 is 1.44 bits per heavy atom. The lowest BCUT2D eigenvalue weighted by Gasteiger charge is -2.07. The van der Waals surface area contributed by atoms with Crippen molar-refractivity contribution in [3.8, 4) is 0 Å². The van der Waals surface area contributed by atoms with Gasteiger partial charge in [0.25, 0.3) is 0 Å². The van der Waals surface area contributed by atoms with Crippen molar-refractivity contribution in [1.82, 2.24) is 0 Å². The molecule has 1 N–H and O–H groups in total. The number of aromatic amines is 1. The van der Waals surface area contributed by atoms with E-state index in [0.29, 0.717) is 0 Å². The van der Waals surface area contributed by atoms with Crippen LogP contribution in [0.5, 0.6) is 0 Å². The summed E-state index contributed by atoms with van der Waals surface area (Å²) in [4.78, 5) is 3.01. The number of nitrogens with one attached hydrogen (secondary N) is 1. The molecule has 1 heterocycles. The Hall–Kier alpha value is -0.790. The van der Waals surface area contributed by atoms with E-state index < -0.39 is 0 Å². The Bertz CT molecular complexity index is 171. The van der Waals surface area contributed by atoms with Gasteiger partial charge in [0.05, 0.1) is 0 Å². The second kappa shape index (κ2) is 1.87. The third kappa shape index (κ3) is 1.31. The maximum atomic E-state index is 4.89. The lowest BCUT2D eigenvalue weighted by molar-refractivity contribution is -0.400. The van der Waals surface area contributed by atoms with E-state index in [9.17, 15) is 0 Å². The first-order valence-electron chi connectivity index (χ1n) is 3.05. The van der Waals surface area contributed by atoms with E-state index in [4.69, 9.17) is 4.42 Å². The topological polar surface area (TPSA) is 27.3 Å². The maximum Gasteiger partial charge on any atom is 0.332 e. The fourth-order valence-electron chi connectivity index (χ4n) is 0.627. The minimum Gasteiger partial charge on any atom is -0.412 e. The van der Waals surface area contributed by atoms with E-state index in [1.807, 2.05) is 0 Å². The van der Waals surface area contributed by atoms with Crippen LogP contribution >= 0.6 is 0 Å². The van der Waals surface area contributed by atoms with Crippen LogP contribution in [0.1, 0.15) is 26.5 Å². The summed E-state index contributed by atoms with van der Waals surface area (Å²) in [7, 11) is 0. The Labute approximate surface area is 54.9 Å². The molecule has 0 aliphatic rings. The summed E-state index contributed by atoms with van der Waals surface area (Å²) in [5, 5.41) is 0. The van der Waals surface area contributed by atoms with Gasteiger partial charge >= 0.3 is 6.39 Å². The molecule has 0 spiro atoms. The van der Waals surface area contributed by atoms with Gasteiger partial charge in [-0.25, -0.2) is 0 Å². The molecule has 1 aromatic heterocycles. The van der Waals surface area contributed by atoms with Crippen LogP contribution in [0, 0.1) is 0 Å². The number of oxazole rings is 1. The van der Waals surface area contributed by atoms with Gasteiger partial charge in [-0.3, -0.25) is 0 Å². The monoisotopic (exact) mass is 126 g/mol. The lowest BCUT2D eigenvalue weighted by Crippen LogP contribution is -2.20. The summed E-state index contributed by atoms with van der Waals surface area (Å²) in [5.74, 6) is 0. The Kier molecular flexibility index (Phi) is 1.31. The van der Waals surface area contributed by atoms with Gasteiger partial charge in [-0.1, -0.05) is 20.8 Å². The smallest absolute Gasteiger partial charge is 0.332 e. The summed E-state index contributed by atoms with van der Waals surface area (Å²) in [6.45, 7) is 6.40. The van der Waals surface area contributed by atoms with E-state index in [1.165, 1.54) is 0 Å². The molecule has 0 fully saturated rings. The number of rotatable bonds is 0. The molecule has 9 heavy (non-hydrogen) atoms. The molecule has 2 heteroatoms. The lowest BCUT2D eigenvalue weighted by atomic mass is 9.93. The molecule has 1 rings (SSSR count). The van der Waals surface area contributed by atoms with Crippen molar-refractivity contribution in [2.45, 2.75) is 26.2 Å². The zero-order valence-corrected chi connectivity index (χ0v) is 6.06. The zero-order chi connectivity index (χ0) is 6.91. The van der Waals surface area contributed by atoms with Crippen LogP contribution in [0.2, 0.25) is 0 Å². The molecule has 0 amide bonds. The van der Waals surface area contributed by atoms with Gasteiger partial charge in [0.2, 0.25) is 5.69 Å². The van der Waals surface area contributed by atoms with Crippen LogP contribution in [-0.4, -0.2) is 0 Å². The fourth-order valence-corrected chi connectivity index (χ4v) is 0.627. The first kappa shape index (κ1) is 6.33. The minimum absolute atomic E-state index is 0.174. The van der Waals surface area contributed by atoms with Gasteiger partial charge in [0.1, 0.15) is 0 Å². The molecule has 0 unspecified atom stereocenters. The Morgan fingerprint density at radius 2 is 2.11 bits per heavy atom. The highest BCUT2D eigenvalue weighted by Gasteiger charge is 2.21. The fraction of sp³-hybridized carbons (Fsp3) is 0.571. The van der Waals surface area contributed by atoms with E-state index in [0.717, 1.165) is 5.69 Å². The second-order valence-electron chi connectivity index (χ2n) is 3.18. The molecule has 0 radical (unpaired) electrons. The van der Waals surface area contributed by atoms with Crippen molar-refractivity contribution in [1.29, 1.82) is 0 Å². The summed E-state index contributed by atoms with van der Waals surface area (Å²) in [6.07, 6.45) is 3.32. The van der Waals surface area contributed by atoms with Crippen LogP contribution in [0.4, 0.5) is 0 Å². The number of H-pyrrole nitrogens is 1. The Morgan fingerprint density at radius 3 is 2.33 bits per heavy atom. The van der Waals surface area contributed by atoms with Crippen molar-refractivity contribution >= 4 is 0 Å².